The molecule has 0 bridgehead atoms. The lowest BCUT2D eigenvalue weighted by Gasteiger charge is -2.29. The van der Waals surface area contributed by atoms with Crippen molar-refractivity contribution < 1.29 is 22.7 Å². The third kappa shape index (κ3) is 3.98. The molecular weight excluding hydrogens is 452 g/mol. The normalized spacial score (nSPS) is 18.9. The first-order valence-corrected chi connectivity index (χ1v) is 12.6. The summed E-state index contributed by atoms with van der Waals surface area (Å²) in [6.07, 6.45) is 0.335. The molecule has 2 unspecified atom stereocenters. The Kier molecular flexibility index (Phi) is 5.69. The number of sulfonamides is 1. The summed E-state index contributed by atoms with van der Waals surface area (Å²) in [6, 6.07) is 21.0. The number of hydrogen-bond acceptors (Lipinski definition) is 5. The fourth-order valence-corrected chi connectivity index (χ4v) is 6.31. The maximum atomic E-state index is 13.6. The lowest BCUT2D eigenvalue weighted by Crippen LogP contribution is -2.41. The Hall–Kier alpha value is -3.52. The van der Waals surface area contributed by atoms with E-state index in [1.54, 1.807) is 19.2 Å². The molecule has 2 aliphatic heterocycles. The van der Waals surface area contributed by atoms with E-state index < -0.39 is 10.0 Å². The van der Waals surface area contributed by atoms with Gasteiger partial charge in [-0.15, -0.1) is 0 Å². The average molecular weight is 479 g/mol. The Labute approximate surface area is 199 Å². The molecule has 2 atom stereocenters. The van der Waals surface area contributed by atoms with Crippen LogP contribution in [-0.2, 0) is 16.4 Å². The molecule has 2 aliphatic rings. The molecule has 1 amide bonds. The van der Waals surface area contributed by atoms with Gasteiger partial charge in [-0.3, -0.25) is 9.10 Å². The molecule has 176 valence electrons. The van der Waals surface area contributed by atoms with Gasteiger partial charge in [0.25, 0.3) is 15.9 Å². The van der Waals surface area contributed by atoms with E-state index in [1.165, 1.54) is 21.3 Å². The van der Waals surface area contributed by atoms with Gasteiger partial charge in [0.2, 0.25) is 0 Å². The smallest absolute Gasteiger partial charge is 0.264 e. The van der Waals surface area contributed by atoms with E-state index in [4.69, 9.17) is 9.47 Å². The monoisotopic (exact) mass is 478 g/mol. The molecule has 34 heavy (non-hydrogen) atoms. The third-order valence-corrected chi connectivity index (χ3v) is 8.10. The highest BCUT2D eigenvalue weighted by Crippen LogP contribution is 2.36. The second kappa shape index (κ2) is 8.68. The van der Waals surface area contributed by atoms with Crippen molar-refractivity contribution in [3.05, 3.63) is 83.9 Å². The number of carbonyl (C=O) groups excluding carboxylic acids is 1. The van der Waals surface area contributed by atoms with Gasteiger partial charge in [0, 0.05) is 18.7 Å². The van der Waals surface area contributed by atoms with Gasteiger partial charge in [0.15, 0.2) is 17.6 Å². The molecule has 8 heteroatoms. The summed E-state index contributed by atoms with van der Waals surface area (Å²) in [7, 11) is -2.15. The first-order chi connectivity index (χ1) is 16.3. The molecule has 0 saturated carbocycles. The van der Waals surface area contributed by atoms with Crippen LogP contribution in [0.1, 0.15) is 22.8 Å². The van der Waals surface area contributed by atoms with Crippen molar-refractivity contribution in [2.24, 2.45) is 0 Å². The fraction of sp³-hybridized carbons (Fsp3) is 0.269. The van der Waals surface area contributed by atoms with E-state index in [-0.39, 0.29) is 22.9 Å². The number of nitrogens with zero attached hydrogens (tertiary/aromatic N) is 2. The Morgan fingerprint density at radius 3 is 2.59 bits per heavy atom. The molecule has 0 aromatic heterocycles. The van der Waals surface area contributed by atoms with E-state index in [1.807, 2.05) is 55.5 Å². The molecule has 0 aliphatic carbocycles. The molecule has 7 nitrogen and oxygen atoms in total. The molecule has 3 aromatic carbocycles. The number of fused-ring (bicyclic) bond motifs is 2. The van der Waals surface area contributed by atoms with Crippen LogP contribution in [0, 0.1) is 0 Å². The van der Waals surface area contributed by atoms with E-state index in [0.29, 0.717) is 42.3 Å². The van der Waals surface area contributed by atoms with E-state index >= 15 is 0 Å². The van der Waals surface area contributed by atoms with Crippen molar-refractivity contribution in [1.29, 1.82) is 0 Å². The van der Waals surface area contributed by atoms with Gasteiger partial charge in [-0.05, 0) is 55.3 Å². The van der Waals surface area contributed by atoms with Crippen LogP contribution in [-0.4, -0.2) is 51.6 Å². The Bertz CT molecular complexity index is 1340. The summed E-state index contributed by atoms with van der Waals surface area (Å²) in [5, 5.41) is 0. The van der Waals surface area contributed by atoms with Crippen LogP contribution in [0.5, 0.6) is 11.5 Å². The molecule has 0 N–H and O–H groups in total. The van der Waals surface area contributed by atoms with Crippen LogP contribution < -0.4 is 13.8 Å². The second-order valence-corrected chi connectivity index (χ2v) is 10.5. The summed E-state index contributed by atoms with van der Waals surface area (Å²) in [5.74, 6) is 1.05. The summed E-state index contributed by atoms with van der Waals surface area (Å²) >= 11 is 0. The summed E-state index contributed by atoms with van der Waals surface area (Å²) in [5.41, 5.74) is 2.00. The van der Waals surface area contributed by atoms with Crippen molar-refractivity contribution in [1.82, 2.24) is 4.90 Å². The number of amides is 1. The number of rotatable bonds is 5. The molecule has 0 radical (unpaired) electrons. The molecular formula is C26H26N2O5S. The Balaban J connectivity index is 1.34. The topological polar surface area (TPSA) is 76.2 Å². The lowest BCUT2D eigenvalue weighted by molar-refractivity contribution is 0.0521. The highest BCUT2D eigenvalue weighted by Gasteiger charge is 2.36. The molecule has 5 rings (SSSR count). The number of ether oxygens (including phenoxy) is 2. The predicted octanol–water partition coefficient (Wildman–Crippen LogP) is 3.74. The SMILES string of the molecule is CC1Cc2ccccc2N1S(=O)(=O)c1cccc(C(=O)N(C)CC2COc3ccccc3O2)c1. The largest absolute Gasteiger partial charge is 0.486 e. The molecule has 0 spiro atoms. The number of likely N-dealkylation sites (N-methyl/N-ethyl adjacent to an activating group) is 1. The number of anilines is 1. The minimum Gasteiger partial charge on any atom is -0.486 e. The second-order valence-electron chi connectivity index (χ2n) is 8.69. The number of benzene rings is 3. The maximum absolute atomic E-state index is 13.6. The fourth-order valence-electron chi connectivity index (χ4n) is 4.57. The average Bonchev–Trinajstić information content (AvgIpc) is 3.20. The van der Waals surface area contributed by atoms with Gasteiger partial charge in [-0.1, -0.05) is 36.4 Å². The van der Waals surface area contributed by atoms with Crippen LogP contribution in [0.25, 0.3) is 0 Å². The zero-order chi connectivity index (χ0) is 23.9. The molecule has 0 fully saturated rings. The zero-order valence-corrected chi connectivity index (χ0v) is 19.9. The van der Waals surface area contributed by atoms with Crippen molar-refractivity contribution in [2.75, 3.05) is 24.5 Å². The highest BCUT2D eigenvalue weighted by atomic mass is 32.2. The standard InChI is InChI=1S/C26H26N2O5S/c1-18-14-19-8-3-4-11-23(19)28(18)34(30,31)22-10-7-9-20(15-22)26(29)27(2)16-21-17-32-24-12-5-6-13-25(24)33-21/h3-13,15,18,21H,14,16-17H2,1-2H3. The number of para-hydroxylation sites is 3. The van der Waals surface area contributed by atoms with Crippen molar-refractivity contribution in [2.45, 2.75) is 30.4 Å². The van der Waals surface area contributed by atoms with Crippen LogP contribution >= 0.6 is 0 Å². The summed E-state index contributed by atoms with van der Waals surface area (Å²) < 4.78 is 40.3. The molecule has 2 heterocycles. The van der Waals surface area contributed by atoms with Crippen LogP contribution in [0.3, 0.4) is 0 Å². The Morgan fingerprint density at radius 2 is 1.76 bits per heavy atom. The summed E-state index contributed by atoms with van der Waals surface area (Å²) in [4.78, 5) is 14.8. The van der Waals surface area contributed by atoms with Gasteiger partial charge in [-0.2, -0.15) is 0 Å². The third-order valence-electron chi connectivity index (χ3n) is 6.17. The highest BCUT2D eigenvalue weighted by molar-refractivity contribution is 7.92. The van der Waals surface area contributed by atoms with E-state index in [0.717, 1.165) is 5.56 Å². The van der Waals surface area contributed by atoms with Crippen molar-refractivity contribution in [3.8, 4) is 11.5 Å². The first kappa shape index (κ1) is 22.3. The lowest BCUT2D eigenvalue weighted by atomic mass is 10.1. The quantitative estimate of drug-likeness (QED) is 0.559. The number of carbonyl (C=O) groups is 1. The minimum absolute atomic E-state index is 0.0986. The van der Waals surface area contributed by atoms with Gasteiger partial charge in [-0.25, -0.2) is 8.42 Å². The minimum atomic E-state index is -3.83. The zero-order valence-electron chi connectivity index (χ0n) is 19.0. The molecule has 3 aromatic rings. The predicted molar refractivity (Wildman–Crippen MR) is 129 cm³/mol. The van der Waals surface area contributed by atoms with Gasteiger partial charge in [0.1, 0.15) is 6.61 Å². The van der Waals surface area contributed by atoms with Gasteiger partial charge < -0.3 is 14.4 Å². The van der Waals surface area contributed by atoms with Gasteiger partial charge in [0.05, 0.1) is 17.1 Å². The van der Waals surface area contributed by atoms with Gasteiger partial charge >= 0.3 is 0 Å². The Morgan fingerprint density at radius 1 is 1.03 bits per heavy atom. The summed E-state index contributed by atoms with van der Waals surface area (Å²) in [6.45, 7) is 2.53. The van der Waals surface area contributed by atoms with E-state index in [2.05, 4.69) is 0 Å². The van der Waals surface area contributed by atoms with Crippen molar-refractivity contribution in [3.63, 3.8) is 0 Å². The van der Waals surface area contributed by atoms with Crippen LogP contribution in [0.4, 0.5) is 5.69 Å². The van der Waals surface area contributed by atoms with Crippen LogP contribution in [0.15, 0.2) is 77.7 Å². The number of hydrogen-bond donors (Lipinski definition) is 0. The van der Waals surface area contributed by atoms with Crippen LogP contribution in [0.2, 0.25) is 0 Å². The molecule has 0 saturated heterocycles. The van der Waals surface area contributed by atoms with Crippen molar-refractivity contribution >= 4 is 21.6 Å². The van der Waals surface area contributed by atoms with E-state index in [9.17, 15) is 13.2 Å². The maximum Gasteiger partial charge on any atom is 0.264 e. The first-order valence-electron chi connectivity index (χ1n) is 11.2.